The largest absolute Gasteiger partial charge is 0.417 e. The Hall–Kier alpha value is -1.95. The normalized spacial score (nSPS) is 11.4. The van der Waals surface area contributed by atoms with E-state index in [9.17, 15) is 13.2 Å². The van der Waals surface area contributed by atoms with E-state index in [0.29, 0.717) is 11.4 Å². The number of halogens is 4. The van der Waals surface area contributed by atoms with E-state index in [4.69, 9.17) is 17.3 Å². The van der Waals surface area contributed by atoms with Crippen molar-refractivity contribution in [2.45, 2.75) is 6.18 Å². The van der Waals surface area contributed by atoms with Crippen molar-refractivity contribution in [2.75, 3.05) is 11.1 Å². The molecule has 0 aliphatic carbocycles. The molecule has 0 amide bonds. The lowest BCUT2D eigenvalue weighted by Gasteiger charge is -2.14. The standard InChI is InChI=1S/C12H9ClF3N3/c13-9-5-11(19-7-2-1-3-18-6-7)10(17)4-8(9)12(14,15)16/h1-6,19H,17H2. The molecule has 1 heterocycles. The Morgan fingerprint density at radius 1 is 1.26 bits per heavy atom. The number of hydrogen-bond donors (Lipinski definition) is 2. The van der Waals surface area contributed by atoms with Gasteiger partial charge in [-0.05, 0) is 24.3 Å². The molecule has 0 fully saturated rings. The van der Waals surface area contributed by atoms with Crippen LogP contribution in [0.2, 0.25) is 5.02 Å². The molecule has 0 spiro atoms. The molecule has 100 valence electrons. The monoisotopic (exact) mass is 287 g/mol. The van der Waals surface area contributed by atoms with Gasteiger partial charge in [0.25, 0.3) is 0 Å². The molecule has 3 N–H and O–H groups in total. The van der Waals surface area contributed by atoms with E-state index in [2.05, 4.69) is 10.3 Å². The molecule has 2 aromatic rings. The summed E-state index contributed by atoms with van der Waals surface area (Å²) in [4.78, 5) is 3.87. The summed E-state index contributed by atoms with van der Waals surface area (Å²) in [5, 5.41) is 2.44. The molecule has 0 bridgehead atoms. The highest BCUT2D eigenvalue weighted by molar-refractivity contribution is 6.32. The van der Waals surface area contributed by atoms with Crippen molar-refractivity contribution in [3.8, 4) is 0 Å². The third-order valence-corrected chi connectivity index (χ3v) is 2.70. The first-order valence-corrected chi connectivity index (χ1v) is 5.59. The van der Waals surface area contributed by atoms with Crippen LogP contribution in [0, 0.1) is 0 Å². The average molecular weight is 288 g/mol. The molecular formula is C12H9ClF3N3. The smallest absolute Gasteiger partial charge is 0.397 e. The first kappa shape index (κ1) is 13.5. The Balaban J connectivity index is 2.36. The highest BCUT2D eigenvalue weighted by Gasteiger charge is 2.33. The summed E-state index contributed by atoms with van der Waals surface area (Å²) in [7, 11) is 0. The van der Waals surface area contributed by atoms with Crippen molar-refractivity contribution >= 4 is 28.7 Å². The second-order valence-corrected chi connectivity index (χ2v) is 4.19. The number of anilines is 3. The molecule has 0 radical (unpaired) electrons. The minimum atomic E-state index is -4.53. The number of benzene rings is 1. The molecule has 1 aromatic heterocycles. The minimum Gasteiger partial charge on any atom is -0.397 e. The van der Waals surface area contributed by atoms with Crippen LogP contribution in [0.25, 0.3) is 0 Å². The van der Waals surface area contributed by atoms with Gasteiger partial charge in [-0.2, -0.15) is 13.2 Å². The van der Waals surface area contributed by atoms with Crippen molar-refractivity contribution in [2.24, 2.45) is 0 Å². The van der Waals surface area contributed by atoms with Crippen molar-refractivity contribution in [1.29, 1.82) is 0 Å². The fourth-order valence-corrected chi connectivity index (χ4v) is 1.78. The number of aromatic nitrogens is 1. The predicted molar refractivity (Wildman–Crippen MR) is 68.4 cm³/mol. The molecule has 0 saturated carbocycles. The molecule has 1 aromatic carbocycles. The Morgan fingerprint density at radius 3 is 2.58 bits per heavy atom. The molecule has 2 rings (SSSR count). The molecule has 0 saturated heterocycles. The topological polar surface area (TPSA) is 50.9 Å². The Bertz CT molecular complexity index is 585. The summed E-state index contributed by atoms with van der Waals surface area (Å²) in [5.74, 6) is 0. The van der Waals surface area contributed by atoms with Crippen LogP contribution in [0.4, 0.5) is 30.2 Å². The lowest BCUT2D eigenvalue weighted by Crippen LogP contribution is -2.08. The zero-order valence-electron chi connectivity index (χ0n) is 9.50. The van der Waals surface area contributed by atoms with E-state index in [1.165, 1.54) is 6.20 Å². The maximum atomic E-state index is 12.6. The zero-order valence-corrected chi connectivity index (χ0v) is 10.3. The molecular weight excluding hydrogens is 279 g/mol. The van der Waals surface area contributed by atoms with Gasteiger partial charge in [0.2, 0.25) is 0 Å². The van der Waals surface area contributed by atoms with Crippen LogP contribution in [0.5, 0.6) is 0 Å². The summed E-state index contributed by atoms with van der Waals surface area (Å²) in [5.41, 5.74) is 5.50. The van der Waals surface area contributed by atoms with Gasteiger partial charge in [0.15, 0.2) is 0 Å². The number of rotatable bonds is 2. The summed E-state index contributed by atoms with van der Waals surface area (Å²) in [6.45, 7) is 0. The van der Waals surface area contributed by atoms with Crippen LogP contribution in [-0.2, 0) is 6.18 Å². The van der Waals surface area contributed by atoms with Gasteiger partial charge in [-0.25, -0.2) is 0 Å². The Kier molecular flexibility index (Phi) is 3.53. The van der Waals surface area contributed by atoms with Crippen LogP contribution < -0.4 is 11.1 Å². The Morgan fingerprint density at radius 2 is 2.00 bits per heavy atom. The quantitative estimate of drug-likeness (QED) is 0.818. The number of alkyl halides is 3. The molecule has 19 heavy (non-hydrogen) atoms. The molecule has 0 aliphatic heterocycles. The van der Waals surface area contributed by atoms with Crippen molar-refractivity contribution in [3.63, 3.8) is 0 Å². The first-order chi connectivity index (χ1) is 8.88. The van der Waals surface area contributed by atoms with E-state index >= 15 is 0 Å². The van der Waals surface area contributed by atoms with E-state index in [1.54, 1.807) is 18.3 Å². The van der Waals surface area contributed by atoms with Crippen LogP contribution in [0.15, 0.2) is 36.7 Å². The van der Waals surface area contributed by atoms with E-state index in [0.717, 1.165) is 12.1 Å². The third kappa shape index (κ3) is 3.08. The maximum absolute atomic E-state index is 12.6. The van der Waals surface area contributed by atoms with Crippen molar-refractivity contribution in [1.82, 2.24) is 4.98 Å². The predicted octanol–water partition coefficient (Wildman–Crippen LogP) is 4.08. The van der Waals surface area contributed by atoms with Gasteiger partial charge in [-0.3, -0.25) is 4.98 Å². The highest BCUT2D eigenvalue weighted by Crippen LogP contribution is 2.39. The summed E-state index contributed by atoms with van der Waals surface area (Å²) in [6.07, 6.45) is -1.43. The van der Waals surface area contributed by atoms with Gasteiger partial charge >= 0.3 is 6.18 Å². The van der Waals surface area contributed by atoms with Crippen LogP contribution in [-0.4, -0.2) is 4.98 Å². The van der Waals surface area contributed by atoms with Crippen molar-refractivity contribution < 1.29 is 13.2 Å². The molecule has 0 atom stereocenters. The lowest BCUT2D eigenvalue weighted by molar-refractivity contribution is -0.137. The summed E-state index contributed by atoms with van der Waals surface area (Å²) < 4.78 is 37.9. The van der Waals surface area contributed by atoms with Crippen LogP contribution in [0.1, 0.15) is 5.56 Å². The van der Waals surface area contributed by atoms with Gasteiger partial charge in [0.05, 0.1) is 33.8 Å². The second kappa shape index (κ2) is 4.97. The van der Waals surface area contributed by atoms with Crippen LogP contribution >= 0.6 is 11.6 Å². The summed E-state index contributed by atoms with van der Waals surface area (Å²) in [6, 6.07) is 5.34. The van der Waals surface area contributed by atoms with Crippen LogP contribution in [0.3, 0.4) is 0 Å². The van der Waals surface area contributed by atoms with Gasteiger partial charge in [-0.1, -0.05) is 11.6 Å². The number of nitrogens with zero attached hydrogens (tertiary/aromatic N) is 1. The first-order valence-electron chi connectivity index (χ1n) is 5.21. The zero-order chi connectivity index (χ0) is 14.0. The number of nitrogen functional groups attached to an aromatic ring is 1. The number of hydrogen-bond acceptors (Lipinski definition) is 3. The summed E-state index contributed by atoms with van der Waals surface area (Å²) >= 11 is 5.62. The molecule has 0 aliphatic rings. The molecule has 0 unspecified atom stereocenters. The highest BCUT2D eigenvalue weighted by atomic mass is 35.5. The average Bonchev–Trinajstić information content (AvgIpc) is 2.33. The second-order valence-electron chi connectivity index (χ2n) is 3.78. The molecule has 7 heteroatoms. The lowest BCUT2D eigenvalue weighted by atomic mass is 10.1. The maximum Gasteiger partial charge on any atom is 0.417 e. The molecule has 3 nitrogen and oxygen atoms in total. The third-order valence-electron chi connectivity index (χ3n) is 2.39. The van der Waals surface area contributed by atoms with E-state index in [-0.39, 0.29) is 5.69 Å². The van der Waals surface area contributed by atoms with Gasteiger partial charge in [0.1, 0.15) is 0 Å². The number of pyridine rings is 1. The fourth-order valence-electron chi connectivity index (χ4n) is 1.51. The number of nitrogens with two attached hydrogens (primary N) is 1. The van der Waals surface area contributed by atoms with Gasteiger partial charge < -0.3 is 11.1 Å². The SMILES string of the molecule is Nc1cc(C(F)(F)F)c(Cl)cc1Nc1cccnc1. The minimum absolute atomic E-state index is 0.0411. The fraction of sp³-hybridized carbons (Fsp3) is 0.0833. The van der Waals surface area contributed by atoms with Gasteiger partial charge in [0, 0.05) is 6.20 Å². The van der Waals surface area contributed by atoms with E-state index in [1.807, 2.05) is 0 Å². The van der Waals surface area contributed by atoms with Crippen molar-refractivity contribution in [3.05, 3.63) is 47.2 Å². The Labute approximate surface area is 112 Å². The van der Waals surface area contributed by atoms with E-state index < -0.39 is 16.8 Å². The number of nitrogens with one attached hydrogen (secondary N) is 1. The van der Waals surface area contributed by atoms with Gasteiger partial charge in [-0.15, -0.1) is 0 Å².